The number of rotatable bonds is 4. The molecule has 0 amide bonds. The number of hydrogen-bond acceptors (Lipinski definition) is 4. The van der Waals surface area contributed by atoms with Crippen LogP contribution in [0, 0.1) is 11.3 Å². The van der Waals surface area contributed by atoms with Crippen LogP contribution in [0.25, 0.3) is 0 Å². The van der Waals surface area contributed by atoms with Crippen molar-refractivity contribution in [3.63, 3.8) is 0 Å². The fourth-order valence-corrected chi connectivity index (χ4v) is 2.41. The highest BCUT2D eigenvalue weighted by molar-refractivity contribution is 5.30. The smallest absolute Gasteiger partial charge is 0.131 e. The van der Waals surface area contributed by atoms with Gasteiger partial charge in [0.1, 0.15) is 5.54 Å². The van der Waals surface area contributed by atoms with Gasteiger partial charge in [0.2, 0.25) is 0 Å². The van der Waals surface area contributed by atoms with Crippen LogP contribution in [0.3, 0.4) is 0 Å². The Morgan fingerprint density at radius 2 is 2.21 bits per heavy atom. The van der Waals surface area contributed by atoms with Crippen molar-refractivity contribution in [1.82, 2.24) is 4.90 Å². The third kappa shape index (κ3) is 3.32. The van der Waals surface area contributed by atoms with Gasteiger partial charge in [-0.25, -0.2) is 0 Å². The maximum absolute atomic E-state index is 9.42. The molecule has 19 heavy (non-hydrogen) atoms. The number of nitriles is 1. The Balaban J connectivity index is 2.01. The van der Waals surface area contributed by atoms with Gasteiger partial charge in [-0.2, -0.15) is 5.26 Å². The largest absolute Gasteiger partial charge is 0.379 e. The number of nitrogens with two attached hydrogens (primary N) is 1. The topological polar surface area (TPSA) is 62.3 Å². The van der Waals surface area contributed by atoms with Gasteiger partial charge < -0.3 is 10.5 Å². The summed E-state index contributed by atoms with van der Waals surface area (Å²) in [7, 11) is 0. The van der Waals surface area contributed by atoms with Gasteiger partial charge in [0, 0.05) is 19.1 Å². The minimum absolute atomic E-state index is 0.396. The normalized spacial score (nSPS) is 23.5. The Labute approximate surface area is 114 Å². The molecule has 2 rings (SSSR count). The quantitative estimate of drug-likeness (QED) is 0.889. The van der Waals surface area contributed by atoms with Crippen LogP contribution in [0.2, 0.25) is 0 Å². The highest BCUT2D eigenvalue weighted by Crippen LogP contribution is 2.22. The van der Waals surface area contributed by atoms with Gasteiger partial charge in [0.15, 0.2) is 0 Å². The molecule has 2 atom stereocenters. The maximum atomic E-state index is 9.42. The molecule has 1 saturated heterocycles. The fourth-order valence-electron chi connectivity index (χ4n) is 2.41. The van der Waals surface area contributed by atoms with Crippen molar-refractivity contribution in [2.75, 3.05) is 26.3 Å². The highest BCUT2D eigenvalue weighted by Gasteiger charge is 2.29. The first-order valence-corrected chi connectivity index (χ1v) is 6.73. The summed E-state index contributed by atoms with van der Waals surface area (Å²) in [5.41, 5.74) is 6.25. The SMILES string of the molecule is CC1COCCN1CCC(N)(C#N)c1ccccc1. The van der Waals surface area contributed by atoms with Crippen LogP contribution < -0.4 is 5.73 Å². The van der Waals surface area contributed by atoms with Crippen molar-refractivity contribution in [1.29, 1.82) is 5.26 Å². The first-order valence-electron chi connectivity index (χ1n) is 6.73. The zero-order valence-corrected chi connectivity index (χ0v) is 11.4. The lowest BCUT2D eigenvalue weighted by Gasteiger charge is -2.35. The molecule has 0 aliphatic carbocycles. The van der Waals surface area contributed by atoms with Gasteiger partial charge in [-0.3, -0.25) is 4.90 Å². The molecule has 0 saturated carbocycles. The predicted molar refractivity (Wildman–Crippen MR) is 74.4 cm³/mol. The van der Waals surface area contributed by atoms with Crippen LogP contribution in [0.1, 0.15) is 18.9 Å². The molecule has 102 valence electrons. The highest BCUT2D eigenvalue weighted by atomic mass is 16.5. The van der Waals surface area contributed by atoms with Gasteiger partial charge in [-0.05, 0) is 18.9 Å². The summed E-state index contributed by atoms with van der Waals surface area (Å²) in [6, 6.07) is 12.3. The van der Waals surface area contributed by atoms with E-state index in [1.807, 2.05) is 30.3 Å². The van der Waals surface area contributed by atoms with E-state index in [0.717, 1.165) is 31.9 Å². The Bertz CT molecular complexity index is 442. The number of benzene rings is 1. The third-order valence-electron chi connectivity index (χ3n) is 3.79. The van der Waals surface area contributed by atoms with E-state index in [1.165, 1.54) is 0 Å². The predicted octanol–water partition coefficient (Wildman–Crippen LogP) is 1.47. The molecule has 0 aromatic heterocycles. The second kappa shape index (κ2) is 6.16. The van der Waals surface area contributed by atoms with Crippen LogP contribution in [-0.4, -0.2) is 37.2 Å². The third-order valence-corrected chi connectivity index (χ3v) is 3.79. The minimum Gasteiger partial charge on any atom is -0.379 e. The summed E-state index contributed by atoms with van der Waals surface area (Å²) in [5, 5.41) is 9.42. The van der Waals surface area contributed by atoms with Gasteiger partial charge in [0.05, 0.1) is 19.3 Å². The van der Waals surface area contributed by atoms with E-state index in [-0.39, 0.29) is 0 Å². The van der Waals surface area contributed by atoms with Crippen LogP contribution in [0.5, 0.6) is 0 Å². The van der Waals surface area contributed by atoms with E-state index in [4.69, 9.17) is 10.5 Å². The van der Waals surface area contributed by atoms with Crippen molar-refractivity contribution in [3.05, 3.63) is 35.9 Å². The van der Waals surface area contributed by atoms with E-state index in [0.29, 0.717) is 12.5 Å². The molecule has 1 aliphatic heterocycles. The second-order valence-electron chi connectivity index (χ2n) is 5.16. The molecule has 4 nitrogen and oxygen atoms in total. The molecule has 4 heteroatoms. The maximum Gasteiger partial charge on any atom is 0.131 e. The molecule has 1 aliphatic rings. The van der Waals surface area contributed by atoms with Crippen LogP contribution >= 0.6 is 0 Å². The summed E-state index contributed by atoms with van der Waals surface area (Å²) < 4.78 is 5.42. The van der Waals surface area contributed by atoms with Crippen LogP contribution in [-0.2, 0) is 10.3 Å². The molecule has 1 heterocycles. The number of hydrogen-bond donors (Lipinski definition) is 1. The zero-order valence-electron chi connectivity index (χ0n) is 11.4. The van der Waals surface area contributed by atoms with E-state index < -0.39 is 5.54 Å². The molecule has 0 bridgehead atoms. The molecule has 2 unspecified atom stereocenters. The average Bonchev–Trinajstić information content (AvgIpc) is 2.47. The van der Waals surface area contributed by atoms with Crippen molar-refractivity contribution in [3.8, 4) is 6.07 Å². The molecule has 1 aromatic carbocycles. The Kier molecular flexibility index (Phi) is 4.54. The molecular weight excluding hydrogens is 238 g/mol. The van der Waals surface area contributed by atoms with E-state index in [1.54, 1.807) is 0 Å². The standard InChI is InChI=1S/C15H21N3O/c1-13-11-19-10-9-18(13)8-7-15(17,12-16)14-5-3-2-4-6-14/h2-6,13H,7-11,17H2,1H3. The second-order valence-corrected chi connectivity index (χ2v) is 5.16. The Morgan fingerprint density at radius 1 is 1.47 bits per heavy atom. The number of morpholine rings is 1. The summed E-state index contributed by atoms with van der Waals surface area (Å²) in [6.07, 6.45) is 0.637. The summed E-state index contributed by atoms with van der Waals surface area (Å²) in [6.45, 7) is 5.41. The zero-order chi connectivity index (χ0) is 13.7. The van der Waals surface area contributed by atoms with Crippen molar-refractivity contribution >= 4 is 0 Å². The molecule has 0 spiro atoms. The summed E-state index contributed by atoms with van der Waals surface area (Å²) in [5.74, 6) is 0. The molecule has 1 fully saturated rings. The Hall–Kier alpha value is -1.41. The first-order chi connectivity index (χ1) is 9.15. The molecule has 2 N–H and O–H groups in total. The summed E-state index contributed by atoms with van der Waals surface area (Å²) >= 11 is 0. The van der Waals surface area contributed by atoms with Crippen molar-refractivity contribution < 1.29 is 4.74 Å². The monoisotopic (exact) mass is 259 g/mol. The lowest BCUT2D eigenvalue weighted by atomic mass is 9.89. The lowest BCUT2D eigenvalue weighted by molar-refractivity contribution is -0.00239. The molecule has 1 aromatic rings. The van der Waals surface area contributed by atoms with Gasteiger partial charge in [-0.1, -0.05) is 30.3 Å². The molecular formula is C15H21N3O. The summed E-state index contributed by atoms with van der Waals surface area (Å²) in [4.78, 5) is 2.34. The van der Waals surface area contributed by atoms with Gasteiger partial charge in [-0.15, -0.1) is 0 Å². The van der Waals surface area contributed by atoms with Crippen LogP contribution in [0.4, 0.5) is 0 Å². The first kappa shape index (κ1) is 14.0. The van der Waals surface area contributed by atoms with Gasteiger partial charge in [0.25, 0.3) is 0 Å². The van der Waals surface area contributed by atoms with Crippen LogP contribution in [0.15, 0.2) is 30.3 Å². The number of nitrogens with zero attached hydrogens (tertiary/aromatic N) is 2. The lowest BCUT2D eigenvalue weighted by Crippen LogP contribution is -2.47. The fraction of sp³-hybridized carbons (Fsp3) is 0.533. The number of ether oxygens (including phenoxy) is 1. The van der Waals surface area contributed by atoms with E-state index >= 15 is 0 Å². The van der Waals surface area contributed by atoms with Gasteiger partial charge >= 0.3 is 0 Å². The van der Waals surface area contributed by atoms with Crippen molar-refractivity contribution in [2.24, 2.45) is 5.73 Å². The minimum atomic E-state index is -0.903. The van der Waals surface area contributed by atoms with Crippen molar-refractivity contribution in [2.45, 2.75) is 24.9 Å². The molecule has 0 radical (unpaired) electrons. The van der Waals surface area contributed by atoms with E-state index in [2.05, 4.69) is 17.9 Å². The average molecular weight is 259 g/mol. The van der Waals surface area contributed by atoms with E-state index in [9.17, 15) is 5.26 Å². The Morgan fingerprint density at radius 3 is 2.84 bits per heavy atom.